The van der Waals surface area contributed by atoms with Crippen LogP contribution < -0.4 is 10.9 Å². The number of carbonyl (C=O) groups excluding carboxylic acids is 1. The summed E-state index contributed by atoms with van der Waals surface area (Å²) in [6, 6.07) is 0.629. The Labute approximate surface area is 111 Å². The molecule has 0 spiro atoms. The third-order valence-corrected chi connectivity index (χ3v) is 2.89. The van der Waals surface area contributed by atoms with E-state index in [1.54, 1.807) is 13.8 Å². The smallest absolute Gasteiger partial charge is 0.255 e. The van der Waals surface area contributed by atoms with E-state index >= 15 is 0 Å². The first kappa shape index (κ1) is 14.7. The largest absolute Gasteiger partial charge is 0.354 e. The quantitative estimate of drug-likeness (QED) is 0.655. The fourth-order valence-corrected chi connectivity index (χ4v) is 1.91. The summed E-state index contributed by atoms with van der Waals surface area (Å²) in [5.41, 5.74) is -0.314. The van der Waals surface area contributed by atoms with Crippen molar-refractivity contribution in [3.8, 4) is 0 Å². The van der Waals surface area contributed by atoms with Crippen molar-refractivity contribution >= 4 is 17.5 Å². The molecule has 1 unspecified atom stereocenters. The number of halogens is 1. The van der Waals surface area contributed by atoms with Gasteiger partial charge >= 0.3 is 0 Å². The molecule has 0 aliphatic rings. The van der Waals surface area contributed by atoms with Gasteiger partial charge in [0.2, 0.25) is 5.91 Å². The molecular formula is C12H18ClN3O2. The number of hydrogen-bond acceptors (Lipinski definition) is 3. The number of nitrogens with one attached hydrogen (secondary N) is 1. The van der Waals surface area contributed by atoms with E-state index in [4.69, 9.17) is 11.6 Å². The van der Waals surface area contributed by atoms with Crippen molar-refractivity contribution in [1.82, 2.24) is 14.9 Å². The van der Waals surface area contributed by atoms with Gasteiger partial charge in [-0.25, -0.2) is 4.98 Å². The molecule has 0 saturated carbocycles. The molecule has 5 nitrogen and oxygen atoms in total. The van der Waals surface area contributed by atoms with Crippen LogP contribution in [0.4, 0.5) is 0 Å². The molecule has 0 aliphatic heterocycles. The van der Waals surface area contributed by atoms with E-state index in [1.165, 1.54) is 10.6 Å². The Hall–Kier alpha value is -1.36. The van der Waals surface area contributed by atoms with Gasteiger partial charge < -0.3 is 5.32 Å². The van der Waals surface area contributed by atoms with Crippen LogP contribution in [-0.2, 0) is 4.79 Å². The lowest BCUT2D eigenvalue weighted by atomic mass is 10.2. The maximum absolute atomic E-state index is 11.9. The van der Waals surface area contributed by atoms with Crippen molar-refractivity contribution in [3.05, 3.63) is 27.4 Å². The summed E-state index contributed by atoms with van der Waals surface area (Å²) in [4.78, 5) is 27.7. The molecule has 100 valence electrons. The van der Waals surface area contributed by atoms with Crippen LogP contribution in [0.1, 0.15) is 38.6 Å². The average Bonchev–Trinajstić information content (AvgIpc) is 2.27. The van der Waals surface area contributed by atoms with Crippen molar-refractivity contribution < 1.29 is 4.79 Å². The summed E-state index contributed by atoms with van der Waals surface area (Å²) in [6.07, 6.45) is 1.93. The van der Waals surface area contributed by atoms with Gasteiger partial charge in [0.15, 0.2) is 0 Å². The summed E-state index contributed by atoms with van der Waals surface area (Å²) >= 11 is 5.68. The van der Waals surface area contributed by atoms with Crippen LogP contribution in [0.5, 0.6) is 0 Å². The lowest BCUT2D eigenvalue weighted by Gasteiger charge is -2.17. The van der Waals surface area contributed by atoms with Gasteiger partial charge in [-0.05, 0) is 20.3 Å². The first-order valence-electron chi connectivity index (χ1n) is 6.00. The summed E-state index contributed by atoms with van der Waals surface area (Å²) in [5, 5.41) is 2.94. The molecule has 0 bridgehead atoms. The summed E-state index contributed by atoms with van der Waals surface area (Å²) in [6.45, 7) is 6.00. The second-order valence-electron chi connectivity index (χ2n) is 4.15. The Kier molecular flexibility index (Phi) is 5.34. The highest BCUT2D eigenvalue weighted by Crippen LogP contribution is 2.08. The lowest BCUT2D eigenvalue weighted by molar-refractivity contribution is -0.124. The molecule has 0 radical (unpaired) electrons. The van der Waals surface area contributed by atoms with E-state index in [2.05, 4.69) is 10.3 Å². The van der Waals surface area contributed by atoms with Crippen LogP contribution in [0.3, 0.4) is 0 Å². The van der Waals surface area contributed by atoms with Crippen LogP contribution in [0.15, 0.2) is 10.9 Å². The van der Waals surface area contributed by atoms with Crippen LogP contribution in [0.25, 0.3) is 0 Å². The van der Waals surface area contributed by atoms with Gasteiger partial charge in [-0.1, -0.05) is 24.9 Å². The van der Waals surface area contributed by atoms with Crippen molar-refractivity contribution in [3.63, 3.8) is 0 Å². The molecule has 1 aromatic heterocycles. The van der Waals surface area contributed by atoms with Gasteiger partial charge in [-0.3, -0.25) is 14.2 Å². The molecule has 1 rings (SSSR count). The Balaban J connectivity index is 2.87. The highest BCUT2D eigenvalue weighted by molar-refractivity contribution is 6.29. The van der Waals surface area contributed by atoms with E-state index in [9.17, 15) is 9.59 Å². The van der Waals surface area contributed by atoms with Gasteiger partial charge in [0, 0.05) is 12.6 Å². The highest BCUT2D eigenvalue weighted by atomic mass is 35.5. The molecule has 1 amide bonds. The second kappa shape index (κ2) is 6.54. The minimum atomic E-state index is -0.584. The zero-order chi connectivity index (χ0) is 13.7. The Morgan fingerprint density at radius 3 is 2.83 bits per heavy atom. The Bertz CT molecular complexity index is 485. The molecule has 1 N–H and O–H groups in total. The molecule has 0 aliphatic carbocycles. The number of amides is 1. The minimum Gasteiger partial charge on any atom is -0.354 e. The van der Waals surface area contributed by atoms with Crippen LogP contribution in [0, 0.1) is 6.92 Å². The van der Waals surface area contributed by atoms with E-state index in [-0.39, 0.29) is 16.6 Å². The molecule has 0 aromatic carbocycles. The van der Waals surface area contributed by atoms with Crippen molar-refractivity contribution in [1.29, 1.82) is 0 Å². The van der Waals surface area contributed by atoms with Crippen LogP contribution in [-0.4, -0.2) is 22.0 Å². The predicted molar refractivity (Wildman–Crippen MR) is 70.9 cm³/mol. The molecule has 1 atom stereocenters. The SMILES string of the molecule is CCCCNC(=O)C(C)n1c(C)nc(Cl)cc1=O. The third kappa shape index (κ3) is 3.57. The molecule has 0 fully saturated rings. The highest BCUT2D eigenvalue weighted by Gasteiger charge is 2.18. The van der Waals surface area contributed by atoms with Gasteiger partial charge in [0.25, 0.3) is 5.56 Å². The zero-order valence-corrected chi connectivity index (χ0v) is 11.6. The number of nitrogens with zero attached hydrogens (tertiary/aromatic N) is 2. The Morgan fingerprint density at radius 1 is 1.61 bits per heavy atom. The Morgan fingerprint density at radius 2 is 2.28 bits per heavy atom. The number of aromatic nitrogens is 2. The maximum atomic E-state index is 11.9. The summed E-state index contributed by atoms with van der Waals surface area (Å²) < 4.78 is 1.34. The van der Waals surface area contributed by atoms with Gasteiger partial charge in [-0.2, -0.15) is 0 Å². The molecule has 1 heterocycles. The van der Waals surface area contributed by atoms with Crippen molar-refractivity contribution in [2.24, 2.45) is 0 Å². The number of hydrogen-bond donors (Lipinski definition) is 1. The summed E-state index contributed by atoms with van der Waals surface area (Å²) in [5.74, 6) is 0.253. The number of rotatable bonds is 5. The van der Waals surface area contributed by atoms with Gasteiger partial charge in [0.1, 0.15) is 17.0 Å². The summed E-state index contributed by atoms with van der Waals surface area (Å²) in [7, 11) is 0. The molecular weight excluding hydrogens is 254 g/mol. The molecule has 6 heteroatoms. The molecule has 1 aromatic rings. The van der Waals surface area contributed by atoms with Crippen molar-refractivity contribution in [2.45, 2.75) is 39.7 Å². The van der Waals surface area contributed by atoms with E-state index < -0.39 is 6.04 Å². The number of aryl methyl sites for hydroxylation is 1. The number of unbranched alkanes of at least 4 members (excludes halogenated alkanes) is 1. The minimum absolute atomic E-state index is 0.146. The van der Waals surface area contributed by atoms with Crippen LogP contribution in [0.2, 0.25) is 5.15 Å². The first-order valence-corrected chi connectivity index (χ1v) is 6.38. The standard InChI is InChI=1S/C12H18ClN3O2/c1-4-5-6-14-12(18)8(2)16-9(3)15-10(13)7-11(16)17/h7-8H,4-6H2,1-3H3,(H,14,18). The van der Waals surface area contributed by atoms with E-state index in [1.807, 2.05) is 6.92 Å². The first-order chi connectivity index (χ1) is 8.47. The monoisotopic (exact) mass is 271 g/mol. The number of carbonyl (C=O) groups is 1. The fraction of sp³-hybridized carbons (Fsp3) is 0.583. The lowest BCUT2D eigenvalue weighted by Crippen LogP contribution is -2.37. The topological polar surface area (TPSA) is 64.0 Å². The van der Waals surface area contributed by atoms with Crippen molar-refractivity contribution in [2.75, 3.05) is 6.54 Å². The average molecular weight is 272 g/mol. The molecule has 0 saturated heterocycles. The van der Waals surface area contributed by atoms with Gasteiger partial charge in [-0.15, -0.1) is 0 Å². The normalized spacial score (nSPS) is 12.2. The van der Waals surface area contributed by atoms with E-state index in [0.717, 1.165) is 12.8 Å². The van der Waals surface area contributed by atoms with E-state index in [0.29, 0.717) is 12.4 Å². The zero-order valence-electron chi connectivity index (χ0n) is 10.9. The second-order valence-corrected chi connectivity index (χ2v) is 4.54. The third-order valence-electron chi connectivity index (χ3n) is 2.69. The maximum Gasteiger partial charge on any atom is 0.255 e. The molecule has 18 heavy (non-hydrogen) atoms. The fourth-order valence-electron chi connectivity index (χ4n) is 1.70. The van der Waals surface area contributed by atoms with Gasteiger partial charge in [0.05, 0.1) is 0 Å². The van der Waals surface area contributed by atoms with Crippen LogP contribution >= 0.6 is 11.6 Å². The predicted octanol–water partition coefficient (Wildman–Crippen LogP) is 1.68.